The van der Waals surface area contributed by atoms with E-state index in [4.69, 9.17) is 0 Å². The van der Waals surface area contributed by atoms with E-state index in [1.54, 1.807) is 0 Å². The number of benzene rings is 1. The number of hydrogen-bond donors (Lipinski definition) is 2. The molecule has 0 aliphatic heterocycles. The van der Waals surface area contributed by atoms with Gasteiger partial charge in [-0.2, -0.15) is 13.2 Å². The number of alkyl halides is 3. The first-order valence-electron chi connectivity index (χ1n) is 5.55. The Morgan fingerprint density at radius 1 is 1.40 bits per heavy atom. The average Bonchev–Trinajstić information content (AvgIpc) is 2.36. The van der Waals surface area contributed by atoms with Crippen molar-refractivity contribution in [3.63, 3.8) is 0 Å². The number of esters is 1. The molecule has 0 saturated carbocycles. The number of carbonyl (C=O) groups is 1. The number of aliphatic hydroxyl groups excluding tert-OH is 1. The highest BCUT2D eigenvalue weighted by atomic mass is 19.4. The highest BCUT2D eigenvalue weighted by molar-refractivity contribution is 5.78. The molecule has 5 nitrogen and oxygen atoms in total. The molecule has 0 amide bonds. The molecular weight excluding hydrogens is 281 g/mol. The first-order valence-corrected chi connectivity index (χ1v) is 5.55. The van der Waals surface area contributed by atoms with Crippen molar-refractivity contribution in [2.75, 3.05) is 13.7 Å². The lowest BCUT2D eigenvalue weighted by molar-refractivity contribution is -0.155. The van der Waals surface area contributed by atoms with Gasteiger partial charge in [-0.15, -0.1) is 0 Å². The summed E-state index contributed by atoms with van der Waals surface area (Å²) in [6.45, 7) is 1.31. The first-order chi connectivity index (χ1) is 9.23. The van der Waals surface area contributed by atoms with Crippen LogP contribution in [-0.4, -0.2) is 29.9 Å². The molecule has 0 aromatic heterocycles. The van der Waals surface area contributed by atoms with Gasteiger partial charge in [-0.1, -0.05) is 0 Å². The highest BCUT2D eigenvalue weighted by Gasteiger charge is 2.39. The van der Waals surface area contributed by atoms with Crippen LogP contribution in [0.2, 0.25) is 0 Å². The van der Waals surface area contributed by atoms with Gasteiger partial charge in [0, 0.05) is 5.56 Å². The third-order valence-electron chi connectivity index (χ3n) is 2.49. The maximum absolute atomic E-state index is 12.9. The molecule has 0 fully saturated rings. The Kier molecular flexibility index (Phi) is 4.83. The fourth-order valence-electron chi connectivity index (χ4n) is 1.62. The second-order valence-corrected chi connectivity index (χ2v) is 3.73. The minimum absolute atomic E-state index is 0.123. The van der Waals surface area contributed by atoms with Crippen LogP contribution in [0.15, 0.2) is 12.1 Å². The number of aliphatic hydroxyl groups is 1. The van der Waals surface area contributed by atoms with Gasteiger partial charge in [-0.25, -0.2) is 4.79 Å². The van der Waals surface area contributed by atoms with E-state index in [0.29, 0.717) is 6.07 Å². The standard InChI is InChI=1S/C12H13F3O5/c1-3-20-11(18)10(17)8-6(12(13,14)15)4-5-7(19-2)9(8)16/h4-5,10,16-17H,3H2,1-2H3. The van der Waals surface area contributed by atoms with Crippen LogP contribution in [0, 0.1) is 0 Å². The third-order valence-corrected chi connectivity index (χ3v) is 2.49. The van der Waals surface area contributed by atoms with E-state index in [2.05, 4.69) is 9.47 Å². The quantitative estimate of drug-likeness (QED) is 0.831. The SMILES string of the molecule is CCOC(=O)C(O)c1c(C(F)(F)F)ccc(OC)c1O. The van der Waals surface area contributed by atoms with Crippen molar-refractivity contribution in [3.8, 4) is 11.5 Å². The molecular formula is C12H13F3O5. The van der Waals surface area contributed by atoms with Gasteiger partial charge in [0.2, 0.25) is 0 Å². The molecule has 1 rings (SSSR count). The zero-order valence-corrected chi connectivity index (χ0v) is 10.7. The minimum Gasteiger partial charge on any atom is -0.504 e. The van der Waals surface area contributed by atoms with E-state index in [-0.39, 0.29) is 12.4 Å². The van der Waals surface area contributed by atoms with Crippen molar-refractivity contribution in [1.82, 2.24) is 0 Å². The Morgan fingerprint density at radius 3 is 2.45 bits per heavy atom. The minimum atomic E-state index is -4.85. The lowest BCUT2D eigenvalue weighted by Crippen LogP contribution is -2.20. The first kappa shape index (κ1) is 16.1. The predicted octanol–water partition coefficient (Wildman–Crippen LogP) is 2.02. The molecule has 1 aromatic rings. The molecule has 0 saturated heterocycles. The molecule has 1 unspecified atom stereocenters. The lowest BCUT2D eigenvalue weighted by atomic mass is 10.00. The Labute approximate surface area is 112 Å². The number of rotatable bonds is 4. The number of methoxy groups -OCH3 is 1. The van der Waals surface area contributed by atoms with Crippen molar-refractivity contribution in [2.45, 2.75) is 19.2 Å². The molecule has 0 aliphatic rings. The summed E-state index contributed by atoms with van der Waals surface area (Å²) >= 11 is 0. The highest BCUT2D eigenvalue weighted by Crippen LogP contribution is 2.43. The largest absolute Gasteiger partial charge is 0.504 e. The maximum Gasteiger partial charge on any atom is 0.416 e. The third kappa shape index (κ3) is 3.13. The van der Waals surface area contributed by atoms with Crippen LogP contribution in [0.25, 0.3) is 0 Å². The van der Waals surface area contributed by atoms with Crippen LogP contribution in [0.1, 0.15) is 24.2 Å². The molecule has 1 aromatic carbocycles. The van der Waals surface area contributed by atoms with Crippen molar-refractivity contribution in [1.29, 1.82) is 0 Å². The topological polar surface area (TPSA) is 76.0 Å². The van der Waals surface area contributed by atoms with Gasteiger partial charge in [0.1, 0.15) is 0 Å². The summed E-state index contributed by atoms with van der Waals surface area (Å²) in [7, 11) is 1.13. The Morgan fingerprint density at radius 2 is 2.00 bits per heavy atom. The molecule has 112 valence electrons. The van der Waals surface area contributed by atoms with E-state index in [1.165, 1.54) is 6.92 Å². The number of phenols is 1. The smallest absolute Gasteiger partial charge is 0.416 e. The maximum atomic E-state index is 12.9. The van der Waals surface area contributed by atoms with Crippen molar-refractivity contribution in [2.24, 2.45) is 0 Å². The summed E-state index contributed by atoms with van der Waals surface area (Å²) in [5, 5.41) is 19.4. The predicted molar refractivity (Wildman–Crippen MR) is 61.3 cm³/mol. The van der Waals surface area contributed by atoms with E-state index >= 15 is 0 Å². The van der Waals surface area contributed by atoms with E-state index in [1.807, 2.05) is 0 Å². The average molecular weight is 294 g/mol. The van der Waals surface area contributed by atoms with Crippen LogP contribution in [0.4, 0.5) is 13.2 Å². The number of carbonyl (C=O) groups excluding carboxylic acids is 1. The number of hydrogen-bond acceptors (Lipinski definition) is 5. The van der Waals surface area contributed by atoms with Gasteiger partial charge in [0.05, 0.1) is 19.3 Å². The van der Waals surface area contributed by atoms with Crippen molar-refractivity contribution >= 4 is 5.97 Å². The summed E-state index contributed by atoms with van der Waals surface area (Å²) in [6, 6.07) is 1.50. The van der Waals surface area contributed by atoms with Crippen LogP contribution in [-0.2, 0) is 15.7 Å². The fourth-order valence-corrected chi connectivity index (χ4v) is 1.62. The summed E-state index contributed by atoms with van der Waals surface area (Å²) in [6.07, 6.45) is -7.12. The molecule has 0 bridgehead atoms. The summed E-state index contributed by atoms with van der Waals surface area (Å²) in [5.74, 6) is -2.54. The monoisotopic (exact) mass is 294 g/mol. The van der Waals surface area contributed by atoms with Gasteiger partial charge in [0.15, 0.2) is 17.6 Å². The fraction of sp³-hybridized carbons (Fsp3) is 0.417. The molecule has 0 spiro atoms. The Balaban J connectivity index is 3.43. The van der Waals surface area contributed by atoms with Crippen LogP contribution >= 0.6 is 0 Å². The number of aromatic hydroxyl groups is 1. The van der Waals surface area contributed by atoms with Crippen LogP contribution in [0.5, 0.6) is 11.5 Å². The van der Waals surface area contributed by atoms with Gasteiger partial charge >= 0.3 is 12.1 Å². The molecule has 2 N–H and O–H groups in total. The van der Waals surface area contributed by atoms with Gasteiger partial charge < -0.3 is 19.7 Å². The van der Waals surface area contributed by atoms with E-state index < -0.39 is 35.1 Å². The van der Waals surface area contributed by atoms with Crippen molar-refractivity contribution in [3.05, 3.63) is 23.3 Å². The second-order valence-electron chi connectivity index (χ2n) is 3.73. The van der Waals surface area contributed by atoms with Crippen LogP contribution < -0.4 is 4.74 Å². The van der Waals surface area contributed by atoms with E-state index in [0.717, 1.165) is 13.2 Å². The molecule has 0 heterocycles. The lowest BCUT2D eigenvalue weighted by Gasteiger charge is -2.19. The van der Waals surface area contributed by atoms with Crippen molar-refractivity contribution < 1.29 is 37.7 Å². The zero-order valence-electron chi connectivity index (χ0n) is 10.7. The number of ether oxygens (including phenoxy) is 2. The molecule has 8 heteroatoms. The van der Waals surface area contributed by atoms with Crippen LogP contribution in [0.3, 0.4) is 0 Å². The van der Waals surface area contributed by atoms with Gasteiger partial charge in [-0.3, -0.25) is 0 Å². The Hall–Kier alpha value is -1.96. The summed E-state index contributed by atoms with van der Waals surface area (Å²) in [4.78, 5) is 11.4. The normalized spacial score (nSPS) is 12.9. The Bertz CT molecular complexity index is 499. The summed E-state index contributed by atoms with van der Waals surface area (Å²) in [5.41, 5.74) is -2.33. The molecule has 20 heavy (non-hydrogen) atoms. The second kappa shape index (κ2) is 6.00. The molecule has 1 atom stereocenters. The van der Waals surface area contributed by atoms with Gasteiger partial charge in [-0.05, 0) is 19.1 Å². The molecule has 0 aliphatic carbocycles. The zero-order chi connectivity index (χ0) is 15.5. The summed E-state index contributed by atoms with van der Waals surface area (Å²) < 4.78 is 47.7. The van der Waals surface area contributed by atoms with Gasteiger partial charge in [0.25, 0.3) is 0 Å². The number of halogens is 3. The van der Waals surface area contributed by atoms with E-state index in [9.17, 15) is 28.2 Å². The molecule has 0 radical (unpaired) electrons. The number of phenolic OH excluding ortho intramolecular Hbond substituents is 1.